The van der Waals surface area contributed by atoms with Crippen molar-refractivity contribution >= 4 is 18.0 Å². The second kappa shape index (κ2) is 30.7. The molecule has 1 rings (SSSR count). The van der Waals surface area contributed by atoms with Gasteiger partial charge in [0.15, 0.2) is 0 Å². The van der Waals surface area contributed by atoms with E-state index in [9.17, 15) is 9.59 Å². The summed E-state index contributed by atoms with van der Waals surface area (Å²) in [6, 6.07) is 10.6. The fraction of sp³-hybridized carbons (Fsp3) is 0.125. The molecular formula is C24H32N2O5. The first kappa shape index (κ1) is 34.5. The highest BCUT2D eigenvalue weighted by Gasteiger charge is 2.07. The predicted molar refractivity (Wildman–Crippen MR) is 127 cm³/mol. The zero-order valence-corrected chi connectivity index (χ0v) is 17.7. The van der Waals surface area contributed by atoms with Crippen LogP contribution in [0.5, 0.6) is 0 Å². The van der Waals surface area contributed by atoms with Crippen LogP contribution in [-0.2, 0) is 14.3 Å². The number of nitriles is 1. The number of nitrogens with zero attached hydrogens (tertiary/aromatic N) is 1. The molecule has 1 aromatic carbocycles. The zero-order chi connectivity index (χ0) is 24.9. The third kappa shape index (κ3) is 37.4. The van der Waals surface area contributed by atoms with Gasteiger partial charge in [0.25, 0.3) is 0 Å². The highest BCUT2D eigenvalue weighted by Crippen LogP contribution is 1.97. The number of carboxylic acids is 1. The average Bonchev–Trinajstić information content (AvgIpc) is 2.83. The lowest BCUT2D eigenvalue weighted by Gasteiger charge is -1.96. The van der Waals surface area contributed by atoms with Crippen LogP contribution in [0.4, 0.5) is 0 Å². The summed E-state index contributed by atoms with van der Waals surface area (Å²) < 4.78 is 4.47. The first-order chi connectivity index (χ1) is 14.7. The van der Waals surface area contributed by atoms with Crippen LogP contribution in [0.2, 0.25) is 0 Å². The van der Waals surface area contributed by atoms with Crippen molar-refractivity contribution in [1.29, 1.82) is 5.26 Å². The molecule has 4 N–H and O–H groups in total. The maximum atomic E-state index is 10.2. The SMILES string of the molecule is C=CC#N.C=CC=C.C=CCOC(=O)C=C.C=Cc1ccccc1.N[C@@H](CO)C(=O)O. The summed E-state index contributed by atoms with van der Waals surface area (Å²) in [6.07, 6.45) is 8.91. The smallest absolute Gasteiger partial charge is 0.330 e. The summed E-state index contributed by atoms with van der Waals surface area (Å²) >= 11 is 0. The van der Waals surface area contributed by atoms with Crippen LogP contribution in [0.15, 0.2) is 100 Å². The number of carboxylic acid groups (broad SMARTS) is 1. The fourth-order valence-electron chi connectivity index (χ4n) is 0.867. The van der Waals surface area contributed by atoms with Gasteiger partial charge in [-0.15, -0.1) is 0 Å². The van der Waals surface area contributed by atoms with E-state index in [1.54, 1.807) is 18.2 Å². The molecule has 0 aromatic heterocycles. The van der Waals surface area contributed by atoms with Crippen LogP contribution >= 0.6 is 0 Å². The molecule has 0 fully saturated rings. The molecule has 0 amide bonds. The number of nitrogens with two attached hydrogens (primary N) is 1. The first-order valence-electron chi connectivity index (χ1n) is 8.66. The van der Waals surface area contributed by atoms with Crippen molar-refractivity contribution in [1.82, 2.24) is 0 Å². The van der Waals surface area contributed by atoms with E-state index in [0.717, 1.165) is 6.08 Å². The number of esters is 1. The van der Waals surface area contributed by atoms with Crippen LogP contribution in [-0.4, -0.2) is 41.4 Å². The summed E-state index contributed by atoms with van der Waals surface area (Å²) in [7, 11) is 0. The number of aliphatic carboxylic acids is 1. The van der Waals surface area contributed by atoms with E-state index in [4.69, 9.17) is 21.2 Å². The van der Waals surface area contributed by atoms with Gasteiger partial charge in [-0.1, -0.05) is 94.1 Å². The molecular weight excluding hydrogens is 396 g/mol. The average molecular weight is 429 g/mol. The van der Waals surface area contributed by atoms with Crippen molar-refractivity contribution in [3.05, 3.63) is 106 Å². The molecule has 0 bridgehead atoms. The number of allylic oxidation sites excluding steroid dienone is 3. The number of aliphatic hydroxyl groups is 1. The Morgan fingerprint density at radius 3 is 1.77 bits per heavy atom. The molecule has 0 radical (unpaired) electrons. The van der Waals surface area contributed by atoms with Crippen LogP contribution < -0.4 is 5.73 Å². The third-order valence-corrected chi connectivity index (χ3v) is 2.32. The van der Waals surface area contributed by atoms with E-state index in [2.05, 4.69) is 44.2 Å². The maximum absolute atomic E-state index is 10.2. The Hall–Kier alpha value is -3.99. The molecule has 0 heterocycles. The number of benzene rings is 1. The zero-order valence-electron chi connectivity index (χ0n) is 17.7. The Balaban J connectivity index is -0.000000152. The number of aliphatic hydroxyl groups excluding tert-OH is 1. The third-order valence-electron chi connectivity index (χ3n) is 2.32. The van der Waals surface area contributed by atoms with Gasteiger partial charge >= 0.3 is 11.9 Å². The van der Waals surface area contributed by atoms with Gasteiger partial charge in [-0.2, -0.15) is 5.26 Å². The highest BCUT2D eigenvalue weighted by molar-refractivity contribution is 5.81. The first-order valence-corrected chi connectivity index (χ1v) is 8.66. The predicted octanol–water partition coefficient (Wildman–Crippen LogP) is 3.68. The Labute approximate surface area is 185 Å². The molecule has 7 heteroatoms. The van der Waals surface area contributed by atoms with Gasteiger partial charge in [0.1, 0.15) is 12.6 Å². The summed E-state index contributed by atoms with van der Waals surface area (Å²) in [5, 5.41) is 23.4. The molecule has 7 nitrogen and oxygen atoms in total. The summed E-state index contributed by atoms with van der Waals surface area (Å²) in [6.45, 7) is 19.8. The van der Waals surface area contributed by atoms with Gasteiger partial charge in [0.05, 0.1) is 12.7 Å². The van der Waals surface area contributed by atoms with Crippen molar-refractivity contribution in [3.8, 4) is 6.07 Å². The second-order valence-corrected chi connectivity index (χ2v) is 4.67. The van der Waals surface area contributed by atoms with Crippen LogP contribution in [0.25, 0.3) is 6.08 Å². The highest BCUT2D eigenvalue weighted by atomic mass is 16.5. The Morgan fingerprint density at radius 2 is 1.58 bits per heavy atom. The maximum Gasteiger partial charge on any atom is 0.330 e. The Morgan fingerprint density at radius 1 is 1.10 bits per heavy atom. The van der Waals surface area contributed by atoms with Gasteiger partial charge < -0.3 is 20.7 Å². The number of carbonyl (C=O) groups is 2. The minimum absolute atomic E-state index is 0.255. The second-order valence-electron chi connectivity index (χ2n) is 4.67. The van der Waals surface area contributed by atoms with E-state index in [1.165, 1.54) is 17.7 Å². The number of hydrogen-bond acceptors (Lipinski definition) is 6. The van der Waals surface area contributed by atoms with Crippen molar-refractivity contribution in [2.24, 2.45) is 5.73 Å². The molecule has 168 valence electrons. The number of rotatable bonds is 7. The molecule has 0 spiro atoms. The normalized spacial score (nSPS) is 8.29. The van der Waals surface area contributed by atoms with Crippen LogP contribution in [0, 0.1) is 11.3 Å². The lowest BCUT2D eigenvalue weighted by Crippen LogP contribution is -2.33. The molecule has 0 saturated heterocycles. The Bertz CT molecular complexity index is 686. The minimum atomic E-state index is -1.18. The van der Waals surface area contributed by atoms with Gasteiger partial charge in [0.2, 0.25) is 0 Å². The fourth-order valence-corrected chi connectivity index (χ4v) is 0.867. The van der Waals surface area contributed by atoms with Crippen LogP contribution in [0.1, 0.15) is 5.56 Å². The van der Waals surface area contributed by atoms with Crippen molar-refractivity contribution in [3.63, 3.8) is 0 Å². The van der Waals surface area contributed by atoms with Gasteiger partial charge in [-0.25, -0.2) is 4.79 Å². The summed E-state index contributed by atoms with van der Waals surface area (Å²) in [5.41, 5.74) is 5.94. The summed E-state index contributed by atoms with van der Waals surface area (Å²) in [5.74, 6) is -1.59. The molecule has 1 atom stereocenters. The Kier molecular flexibility index (Phi) is 34.2. The van der Waals surface area contributed by atoms with Gasteiger partial charge in [0, 0.05) is 12.2 Å². The lowest BCUT2D eigenvalue weighted by molar-refractivity contribution is -0.139. The van der Waals surface area contributed by atoms with Crippen molar-refractivity contribution < 1.29 is 24.5 Å². The van der Waals surface area contributed by atoms with E-state index in [-0.39, 0.29) is 6.61 Å². The molecule has 31 heavy (non-hydrogen) atoms. The number of carbonyl (C=O) groups excluding carboxylic acids is 1. The van der Waals surface area contributed by atoms with Gasteiger partial charge in [-0.05, 0) is 5.56 Å². The number of ether oxygens (including phenoxy) is 1. The summed E-state index contributed by atoms with van der Waals surface area (Å²) in [4.78, 5) is 19.8. The molecule has 0 saturated carbocycles. The van der Waals surface area contributed by atoms with Crippen molar-refractivity contribution in [2.75, 3.05) is 13.2 Å². The van der Waals surface area contributed by atoms with Gasteiger partial charge in [-0.3, -0.25) is 4.79 Å². The van der Waals surface area contributed by atoms with Crippen molar-refractivity contribution in [2.45, 2.75) is 6.04 Å². The van der Waals surface area contributed by atoms with E-state index in [1.807, 2.05) is 36.4 Å². The molecule has 0 aliphatic carbocycles. The van der Waals surface area contributed by atoms with E-state index >= 15 is 0 Å². The molecule has 1 aromatic rings. The molecule has 0 aliphatic rings. The monoisotopic (exact) mass is 428 g/mol. The van der Waals surface area contributed by atoms with E-state index in [0.29, 0.717) is 0 Å². The number of hydrogen-bond donors (Lipinski definition) is 3. The lowest BCUT2D eigenvalue weighted by atomic mass is 10.2. The standard InChI is InChI=1S/C8H8.C6H8O2.C4H6.C3H7NO3.C3H3N/c1-2-8-6-4-3-5-7-8;1-3-5-8-6(7)4-2;1-3-4-2;4-2(1-5)3(6)7;1-2-3-4/h2-7H,1H2;3-4H,1-2,5H2;3-4H,1-2H2;2,5H,1,4H2,(H,6,7);2H,1H2/t;;;2-;/m...0./s1. The topological polar surface area (TPSA) is 134 Å². The van der Waals surface area contributed by atoms with E-state index < -0.39 is 24.6 Å². The van der Waals surface area contributed by atoms with Crippen LogP contribution in [0.3, 0.4) is 0 Å². The minimum Gasteiger partial charge on any atom is -0.480 e. The molecule has 0 aliphatic heterocycles. The largest absolute Gasteiger partial charge is 0.480 e. The quantitative estimate of drug-likeness (QED) is 0.198. The molecule has 0 unspecified atom stereocenters.